The molecule has 0 saturated carbocycles. The normalized spacial score (nSPS) is 12.0. The lowest BCUT2D eigenvalue weighted by Crippen LogP contribution is -2.38. The number of hydrogen-bond donors (Lipinski definition) is 3. The highest BCUT2D eigenvalue weighted by molar-refractivity contribution is 6.30. The minimum Gasteiger partial charge on any atom is -0.394 e. The van der Waals surface area contributed by atoms with E-state index in [0.29, 0.717) is 22.0 Å². The maximum atomic E-state index is 12.8. The summed E-state index contributed by atoms with van der Waals surface area (Å²) in [6.45, 7) is -0.702. The number of nitrogens with zero attached hydrogens (tertiary/aromatic N) is 4. The summed E-state index contributed by atoms with van der Waals surface area (Å²) >= 11 is 5.93. The number of carbonyl (C=O) groups excluding carboxylic acids is 1. The number of rotatable bonds is 6. The van der Waals surface area contributed by atoms with Crippen LogP contribution < -0.4 is 10.9 Å². The Balaban J connectivity index is 2.09. The Hall–Kier alpha value is -3.01. The third-order valence-corrected chi connectivity index (χ3v) is 4.19. The van der Waals surface area contributed by atoms with Gasteiger partial charge in [-0.05, 0) is 18.2 Å². The first-order chi connectivity index (χ1) is 13.4. The molecule has 0 fully saturated rings. The minimum absolute atomic E-state index is 0.158. The summed E-state index contributed by atoms with van der Waals surface area (Å²) in [6, 6.07) is 8.17. The van der Waals surface area contributed by atoms with Crippen molar-refractivity contribution in [3.8, 4) is 16.9 Å². The van der Waals surface area contributed by atoms with Gasteiger partial charge >= 0.3 is 0 Å². The highest BCUT2D eigenvalue weighted by Crippen LogP contribution is 2.20. The SMILES string of the molecule is Cn1cc(-n2nc(-c3ccc(Cl)cc3)cc(C(=O)NC[C@@H](O)CO)c2=O)cn1. The molecule has 0 aliphatic rings. The molecule has 0 aliphatic carbocycles. The average Bonchev–Trinajstić information content (AvgIpc) is 3.12. The van der Waals surface area contributed by atoms with E-state index in [0.717, 1.165) is 4.68 Å². The fraction of sp³-hybridized carbons (Fsp3) is 0.222. The Labute approximate surface area is 164 Å². The standard InChI is InChI=1S/C18H18ClN5O4/c1-23-9-13(7-21-23)24-18(28)15(17(27)20-8-14(26)10-25)6-16(22-24)11-2-4-12(19)5-3-11/h2-7,9,14,25-26H,8,10H2,1H3,(H,20,27)/t14-/m1/s1. The number of carbonyl (C=O) groups is 1. The van der Waals surface area contributed by atoms with Gasteiger partial charge in [-0.3, -0.25) is 14.3 Å². The molecule has 1 aromatic carbocycles. The highest BCUT2D eigenvalue weighted by Gasteiger charge is 2.18. The van der Waals surface area contributed by atoms with Crippen LogP contribution in [0.4, 0.5) is 0 Å². The molecule has 0 bridgehead atoms. The average molecular weight is 404 g/mol. The summed E-state index contributed by atoms with van der Waals surface area (Å²) in [6.07, 6.45) is 1.93. The molecule has 10 heteroatoms. The first kappa shape index (κ1) is 19.7. The van der Waals surface area contributed by atoms with E-state index in [9.17, 15) is 14.7 Å². The van der Waals surface area contributed by atoms with Crippen LogP contribution in [0.15, 0.2) is 47.5 Å². The topological polar surface area (TPSA) is 122 Å². The molecule has 2 heterocycles. The molecular formula is C18H18ClN5O4. The van der Waals surface area contributed by atoms with Crippen LogP contribution in [-0.4, -0.2) is 54.9 Å². The van der Waals surface area contributed by atoms with Crippen LogP contribution in [0, 0.1) is 0 Å². The lowest BCUT2D eigenvalue weighted by atomic mass is 10.1. The van der Waals surface area contributed by atoms with Gasteiger partial charge in [-0.1, -0.05) is 23.7 Å². The number of aromatic nitrogens is 4. The fourth-order valence-corrected chi connectivity index (χ4v) is 2.61. The molecule has 0 radical (unpaired) electrons. The zero-order chi connectivity index (χ0) is 20.3. The number of amides is 1. The number of aryl methyl sites for hydroxylation is 1. The van der Waals surface area contributed by atoms with Crippen LogP contribution >= 0.6 is 11.6 Å². The maximum absolute atomic E-state index is 12.8. The summed E-state index contributed by atoms with van der Waals surface area (Å²) in [5.74, 6) is -0.687. The number of aliphatic hydroxyl groups excluding tert-OH is 2. The van der Waals surface area contributed by atoms with Crippen molar-refractivity contribution in [3.05, 3.63) is 63.7 Å². The molecule has 1 atom stereocenters. The van der Waals surface area contributed by atoms with E-state index in [2.05, 4.69) is 15.5 Å². The summed E-state index contributed by atoms with van der Waals surface area (Å²) in [4.78, 5) is 25.4. The molecule has 28 heavy (non-hydrogen) atoms. The van der Waals surface area contributed by atoms with Crippen LogP contribution in [0.3, 0.4) is 0 Å². The van der Waals surface area contributed by atoms with Gasteiger partial charge in [0.1, 0.15) is 11.3 Å². The largest absolute Gasteiger partial charge is 0.394 e. The van der Waals surface area contributed by atoms with Crippen LogP contribution in [0.25, 0.3) is 16.9 Å². The molecule has 0 unspecified atom stereocenters. The van der Waals surface area contributed by atoms with Crippen molar-refractivity contribution in [2.45, 2.75) is 6.10 Å². The Kier molecular flexibility index (Phi) is 5.88. The van der Waals surface area contributed by atoms with Crippen molar-refractivity contribution in [2.24, 2.45) is 7.05 Å². The lowest BCUT2D eigenvalue weighted by molar-refractivity contribution is 0.0800. The first-order valence-corrected chi connectivity index (χ1v) is 8.73. The van der Waals surface area contributed by atoms with Gasteiger partial charge in [0, 0.05) is 24.2 Å². The zero-order valence-corrected chi connectivity index (χ0v) is 15.7. The number of hydrogen-bond acceptors (Lipinski definition) is 6. The van der Waals surface area contributed by atoms with Crippen molar-refractivity contribution in [3.63, 3.8) is 0 Å². The van der Waals surface area contributed by atoms with E-state index in [-0.39, 0.29) is 12.1 Å². The maximum Gasteiger partial charge on any atom is 0.284 e. The van der Waals surface area contributed by atoms with Gasteiger partial charge in [-0.25, -0.2) is 0 Å². The van der Waals surface area contributed by atoms with Crippen molar-refractivity contribution < 1.29 is 15.0 Å². The van der Waals surface area contributed by atoms with Crippen LogP contribution in [0.5, 0.6) is 0 Å². The summed E-state index contributed by atoms with van der Waals surface area (Å²) in [7, 11) is 1.70. The van der Waals surface area contributed by atoms with Gasteiger partial charge in [-0.2, -0.15) is 14.9 Å². The number of halogens is 1. The smallest absolute Gasteiger partial charge is 0.284 e. The molecule has 0 saturated heterocycles. The molecule has 0 aliphatic heterocycles. The molecule has 146 valence electrons. The Bertz CT molecular complexity index is 1040. The van der Waals surface area contributed by atoms with E-state index in [4.69, 9.17) is 16.7 Å². The predicted molar refractivity (Wildman–Crippen MR) is 102 cm³/mol. The van der Waals surface area contributed by atoms with Crippen molar-refractivity contribution in [2.75, 3.05) is 13.2 Å². The third-order valence-electron chi connectivity index (χ3n) is 3.94. The molecule has 3 N–H and O–H groups in total. The predicted octanol–water partition coefficient (Wildman–Crippen LogP) is 0.369. The molecule has 3 rings (SSSR count). The lowest BCUT2D eigenvalue weighted by Gasteiger charge is -2.11. The van der Waals surface area contributed by atoms with Crippen molar-refractivity contribution in [1.29, 1.82) is 0 Å². The number of benzene rings is 1. The van der Waals surface area contributed by atoms with E-state index >= 15 is 0 Å². The van der Waals surface area contributed by atoms with Gasteiger partial charge in [0.05, 0.1) is 30.8 Å². The number of nitrogens with one attached hydrogen (secondary N) is 1. The monoisotopic (exact) mass is 403 g/mol. The first-order valence-electron chi connectivity index (χ1n) is 8.35. The van der Waals surface area contributed by atoms with Crippen LogP contribution in [0.2, 0.25) is 5.02 Å². The quantitative estimate of drug-likeness (QED) is 0.546. The second-order valence-corrected chi connectivity index (χ2v) is 6.52. The highest BCUT2D eigenvalue weighted by atomic mass is 35.5. The van der Waals surface area contributed by atoms with Crippen LogP contribution in [0.1, 0.15) is 10.4 Å². The van der Waals surface area contributed by atoms with E-state index < -0.39 is 24.2 Å². The minimum atomic E-state index is -1.12. The molecule has 9 nitrogen and oxygen atoms in total. The van der Waals surface area contributed by atoms with Crippen molar-refractivity contribution >= 4 is 17.5 Å². The third kappa shape index (κ3) is 4.28. The molecular weight excluding hydrogens is 386 g/mol. The Morgan fingerprint density at radius 1 is 1.32 bits per heavy atom. The molecule has 2 aromatic heterocycles. The molecule has 0 spiro atoms. The van der Waals surface area contributed by atoms with Crippen molar-refractivity contribution in [1.82, 2.24) is 24.9 Å². The summed E-state index contributed by atoms with van der Waals surface area (Å²) < 4.78 is 2.60. The van der Waals surface area contributed by atoms with Gasteiger partial charge in [-0.15, -0.1) is 0 Å². The summed E-state index contributed by atoms with van der Waals surface area (Å²) in [5.41, 5.74) is 0.642. The van der Waals surface area contributed by atoms with Gasteiger partial charge in [0.15, 0.2) is 0 Å². The van der Waals surface area contributed by atoms with E-state index in [1.165, 1.54) is 16.9 Å². The van der Waals surface area contributed by atoms with Gasteiger partial charge in [0.2, 0.25) is 0 Å². The fourth-order valence-electron chi connectivity index (χ4n) is 2.48. The Morgan fingerprint density at radius 2 is 2.04 bits per heavy atom. The van der Waals surface area contributed by atoms with Gasteiger partial charge < -0.3 is 15.5 Å². The second kappa shape index (κ2) is 8.34. The molecule has 1 amide bonds. The van der Waals surface area contributed by atoms with Crippen LogP contribution in [-0.2, 0) is 7.05 Å². The number of aliphatic hydroxyl groups is 2. The molecule has 3 aromatic rings. The Morgan fingerprint density at radius 3 is 2.64 bits per heavy atom. The zero-order valence-electron chi connectivity index (χ0n) is 14.9. The van der Waals surface area contributed by atoms with Gasteiger partial charge in [0.25, 0.3) is 11.5 Å². The van der Waals surface area contributed by atoms with E-state index in [1.807, 2.05) is 0 Å². The summed E-state index contributed by atoms with van der Waals surface area (Å²) in [5, 5.41) is 29.7. The van der Waals surface area contributed by atoms with E-state index in [1.54, 1.807) is 37.5 Å². The second-order valence-electron chi connectivity index (χ2n) is 6.09.